The third-order valence-corrected chi connectivity index (χ3v) is 5.21. The lowest BCUT2D eigenvalue weighted by Gasteiger charge is -2.23. The Balaban J connectivity index is 1.64. The molecule has 1 aliphatic rings. The van der Waals surface area contributed by atoms with Crippen molar-refractivity contribution in [3.05, 3.63) is 50.6 Å². The average molecular weight is 384 g/mol. The van der Waals surface area contributed by atoms with Gasteiger partial charge in [-0.25, -0.2) is 0 Å². The third kappa shape index (κ3) is 3.83. The van der Waals surface area contributed by atoms with Gasteiger partial charge in [0.25, 0.3) is 11.8 Å². The standard InChI is InChI=1S/C16H15Cl2N3O2S/c17-10-3-1-4-11(9-10)19-20-15(22)12-5-2-8-21(12)16(23)13-6-7-14(18)24-13/h1,3-4,6-7,9,12,19H,2,5,8H2,(H,20,22). The van der Waals surface area contributed by atoms with Crippen LogP contribution in [-0.2, 0) is 4.79 Å². The molecule has 1 fully saturated rings. The van der Waals surface area contributed by atoms with Gasteiger partial charge in [-0.2, -0.15) is 0 Å². The Morgan fingerprint density at radius 3 is 2.75 bits per heavy atom. The fraction of sp³-hybridized carbons (Fsp3) is 0.250. The minimum atomic E-state index is -0.495. The number of carbonyl (C=O) groups excluding carboxylic acids is 2. The molecule has 1 aromatic carbocycles. The van der Waals surface area contributed by atoms with Crippen LogP contribution in [-0.4, -0.2) is 29.3 Å². The van der Waals surface area contributed by atoms with E-state index in [0.717, 1.165) is 6.42 Å². The lowest BCUT2D eigenvalue weighted by atomic mass is 10.2. The van der Waals surface area contributed by atoms with Crippen molar-refractivity contribution in [2.24, 2.45) is 0 Å². The molecule has 1 unspecified atom stereocenters. The number of rotatable bonds is 4. The molecular formula is C16H15Cl2N3O2S. The summed E-state index contributed by atoms with van der Waals surface area (Å²) in [6, 6.07) is 9.90. The Hall–Kier alpha value is -1.76. The summed E-state index contributed by atoms with van der Waals surface area (Å²) in [6.45, 7) is 0.559. The molecule has 0 radical (unpaired) electrons. The van der Waals surface area contributed by atoms with Gasteiger partial charge in [-0.05, 0) is 43.2 Å². The van der Waals surface area contributed by atoms with Gasteiger partial charge in [0.2, 0.25) is 0 Å². The van der Waals surface area contributed by atoms with Gasteiger partial charge < -0.3 is 4.90 Å². The molecule has 1 saturated heterocycles. The number of anilines is 1. The number of benzene rings is 1. The van der Waals surface area contributed by atoms with Gasteiger partial charge in [-0.3, -0.25) is 20.4 Å². The van der Waals surface area contributed by atoms with Crippen LogP contribution in [0, 0.1) is 0 Å². The van der Waals surface area contributed by atoms with E-state index in [-0.39, 0.29) is 11.8 Å². The molecule has 2 heterocycles. The monoisotopic (exact) mass is 383 g/mol. The van der Waals surface area contributed by atoms with Gasteiger partial charge >= 0.3 is 0 Å². The second kappa shape index (κ2) is 7.42. The van der Waals surface area contributed by atoms with E-state index in [9.17, 15) is 9.59 Å². The van der Waals surface area contributed by atoms with Crippen molar-refractivity contribution in [2.75, 3.05) is 12.0 Å². The molecule has 1 atom stereocenters. The molecule has 126 valence electrons. The average Bonchev–Trinajstić information content (AvgIpc) is 3.21. The van der Waals surface area contributed by atoms with Crippen LogP contribution in [0.2, 0.25) is 9.36 Å². The van der Waals surface area contributed by atoms with Gasteiger partial charge in [0.15, 0.2) is 0 Å². The van der Waals surface area contributed by atoms with Crippen molar-refractivity contribution in [1.82, 2.24) is 10.3 Å². The summed E-state index contributed by atoms with van der Waals surface area (Å²) in [4.78, 5) is 27.1. The largest absolute Gasteiger partial charge is 0.326 e. The van der Waals surface area contributed by atoms with Gasteiger partial charge in [0, 0.05) is 11.6 Å². The molecule has 1 aromatic heterocycles. The number of halogens is 2. The van der Waals surface area contributed by atoms with E-state index in [1.807, 2.05) is 0 Å². The first-order valence-electron chi connectivity index (χ1n) is 7.42. The molecule has 3 rings (SSSR count). The Bertz CT molecular complexity index is 765. The lowest BCUT2D eigenvalue weighted by Crippen LogP contribution is -2.47. The fourth-order valence-corrected chi connectivity index (χ4v) is 3.83. The summed E-state index contributed by atoms with van der Waals surface area (Å²) in [6.07, 6.45) is 1.42. The van der Waals surface area contributed by atoms with E-state index in [2.05, 4.69) is 10.9 Å². The Kier molecular flexibility index (Phi) is 5.28. The number of hydrogen-bond donors (Lipinski definition) is 2. The second-order valence-corrected chi connectivity index (χ2v) is 7.54. The highest BCUT2D eigenvalue weighted by molar-refractivity contribution is 7.18. The first kappa shape index (κ1) is 17.1. The summed E-state index contributed by atoms with van der Waals surface area (Å²) in [5.74, 6) is -0.407. The van der Waals surface area contributed by atoms with Gasteiger partial charge in [-0.1, -0.05) is 29.3 Å². The van der Waals surface area contributed by atoms with Gasteiger partial charge in [0.05, 0.1) is 14.9 Å². The highest BCUT2D eigenvalue weighted by Gasteiger charge is 2.35. The van der Waals surface area contributed by atoms with E-state index in [4.69, 9.17) is 23.2 Å². The van der Waals surface area contributed by atoms with E-state index in [0.29, 0.717) is 32.9 Å². The normalized spacial score (nSPS) is 16.9. The SMILES string of the molecule is O=C(NNc1cccc(Cl)c1)C1CCCN1C(=O)c1ccc(Cl)s1. The topological polar surface area (TPSA) is 61.4 Å². The molecule has 0 saturated carbocycles. The van der Waals surface area contributed by atoms with Crippen LogP contribution in [0.25, 0.3) is 0 Å². The van der Waals surface area contributed by atoms with Crippen molar-refractivity contribution < 1.29 is 9.59 Å². The highest BCUT2D eigenvalue weighted by atomic mass is 35.5. The number of nitrogens with zero attached hydrogens (tertiary/aromatic N) is 1. The number of hydrazine groups is 1. The molecule has 0 bridgehead atoms. The zero-order valence-electron chi connectivity index (χ0n) is 12.6. The van der Waals surface area contributed by atoms with Crippen molar-refractivity contribution >= 4 is 52.0 Å². The first-order valence-corrected chi connectivity index (χ1v) is 8.99. The summed E-state index contributed by atoms with van der Waals surface area (Å²) in [7, 11) is 0. The number of nitrogens with one attached hydrogen (secondary N) is 2. The fourth-order valence-electron chi connectivity index (χ4n) is 2.64. The first-order chi connectivity index (χ1) is 11.5. The molecule has 5 nitrogen and oxygen atoms in total. The van der Waals surface area contributed by atoms with E-state index >= 15 is 0 Å². The molecule has 8 heteroatoms. The quantitative estimate of drug-likeness (QED) is 0.789. The smallest absolute Gasteiger partial charge is 0.264 e. The molecule has 1 aliphatic heterocycles. The molecular weight excluding hydrogens is 369 g/mol. The Morgan fingerprint density at radius 1 is 1.21 bits per heavy atom. The van der Waals surface area contributed by atoms with E-state index < -0.39 is 6.04 Å². The predicted octanol–water partition coefficient (Wildman–Crippen LogP) is 3.80. The molecule has 2 aromatic rings. The molecule has 0 aliphatic carbocycles. The molecule has 24 heavy (non-hydrogen) atoms. The van der Waals surface area contributed by atoms with Crippen LogP contribution < -0.4 is 10.9 Å². The van der Waals surface area contributed by atoms with Gasteiger partial charge in [-0.15, -0.1) is 11.3 Å². The Morgan fingerprint density at radius 2 is 2.04 bits per heavy atom. The lowest BCUT2D eigenvalue weighted by molar-refractivity contribution is -0.124. The van der Waals surface area contributed by atoms with Crippen LogP contribution in [0.15, 0.2) is 36.4 Å². The van der Waals surface area contributed by atoms with Crippen LogP contribution >= 0.6 is 34.5 Å². The summed E-state index contributed by atoms with van der Waals surface area (Å²) in [5.41, 5.74) is 6.15. The third-order valence-electron chi connectivity index (χ3n) is 3.75. The van der Waals surface area contributed by atoms with Crippen molar-refractivity contribution in [3.63, 3.8) is 0 Å². The molecule has 2 amide bonds. The maximum atomic E-state index is 12.6. The number of hydrogen-bond acceptors (Lipinski definition) is 4. The van der Waals surface area contributed by atoms with Crippen LogP contribution in [0.5, 0.6) is 0 Å². The summed E-state index contributed by atoms with van der Waals surface area (Å²) >= 11 is 13.0. The van der Waals surface area contributed by atoms with Crippen LogP contribution in [0.4, 0.5) is 5.69 Å². The number of likely N-dealkylation sites (tertiary alicyclic amines) is 1. The maximum absolute atomic E-state index is 12.6. The Labute approximate surface area is 153 Å². The maximum Gasteiger partial charge on any atom is 0.264 e. The number of thiophene rings is 1. The summed E-state index contributed by atoms with van der Waals surface area (Å²) in [5, 5.41) is 0.571. The minimum Gasteiger partial charge on any atom is -0.326 e. The number of amides is 2. The predicted molar refractivity (Wildman–Crippen MR) is 96.6 cm³/mol. The zero-order valence-corrected chi connectivity index (χ0v) is 14.9. The van der Waals surface area contributed by atoms with Crippen molar-refractivity contribution in [3.8, 4) is 0 Å². The van der Waals surface area contributed by atoms with Crippen LogP contribution in [0.1, 0.15) is 22.5 Å². The van der Waals surface area contributed by atoms with Crippen LogP contribution in [0.3, 0.4) is 0 Å². The summed E-state index contributed by atoms with van der Waals surface area (Å²) < 4.78 is 0.557. The number of carbonyl (C=O) groups is 2. The van der Waals surface area contributed by atoms with Crippen molar-refractivity contribution in [2.45, 2.75) is 18.9 Å². The second-order valence-electron chi connectivity index (χ2n) is 5.38. The minimum absolute atomic E-state index is 0.160. The highest BCUT2D eigenvalue weighted by Crippen LogP contribution is 2.26. The van der Waals surface area contributed by atoms with E-state index in [1.54, 1.807) is 41.3 Å². The van der Waals surface area contributed by atoms with Gasteiger partial charge in [0.1, 0.15) is 6.04 Å². The molecule has 2 N–H and O–H groups in total. The van der Waals surface area contributed by atoms with Crippen molar-refractivity contribution in [1.29, 1.82) is 0 Å². The zero-order chi connectivity index (χ0) is 17.1. The molecule has 0 spiro atoms. The van der Waals surface area contributed by atoms with E-state index in [1.165, 1.54) is 11.3 Å².